The molecule has 68 valence electrons. The van der Waals surface area contributed by atoms with Crippen LogP contribution in [-0.4, -0.2) is 21.0 Å². The zero-order chi connectivity index (χ0) is 9.14. The van der Waals surface area contributed by atoms with Crippen molar-refractivity contribution >= 4 is 0 Å². The Morgan fingerprint density at radius 2 is 2.33 bits per heavy atom. The zero-order valence-corrected chi connectivity index (χ0v) is 7.91. The van der Waals surface area contributed by atoms with Gasteiger partial charge in [-0.2, -0.15) is 5.10 Å². The van der Waals surface area contributed by atoms with Crippen LogP contribution in [0.2, 0.25) is 0 Å². The molecule has 0 amide bonds. The van der Waals surface area contributed by atoms with Crippen molar-refractivity contribution in [2.75, 3.05) is 0 Å². The van der Waals surface area contributed by atoms with Crippen molar-refractivity contribution < 1.29 is 5.11 Å². The Labute approximate surface area is 73.0 Å². The van der Waals surface area contributed by atoms with Gasteiger partial charge < -0.3 is 5.11 Å². The van der Waals surface area contributed by atoms with Gasteiger partial charge in [0, 0.05) is 13.2 Å². The number of aliphatic hydroxyl groups excluding tert-OH is 1. The summed E-state index contributed by atoms with van der Waals surface area (Å²) in [5, 5.41) is 13.4. The molecule has 1 rings (SSSR count). The molecule has 0 aliphatic rings. The third-order valence-corrected chi connectivity index (χ3v) is 1.91. The maximum absolute atomic E-state index is 9.08. The Balaban J connectivity index is 2.57. The highest BCUT2D eigenvalue weighted by Crippen LogP contribution is 2.07. The Morgan fingerprint density at radius 1 is 1.67 bits per heavy atom. The van der Waals surface area contributed by atoms with Gasteiger partial charge in [-0.1, -0.05) is 0 Å². The largest absolute Gasteiger partial charge is 0.393 e. The van der Waals surface area contributed by atoms with Gasteiger partial charge in [0.15, 0.2) is 0 Å². The van der Waals surface area contributed by atoms with Gasteiger partial charge in [0.1, 0.15) is 0 Å². The van der Waals surface area contributed by atoms with Crippen molar-refractivity contribution in [1.82, 2.24) is 9.78 Å². The molecule has 0 spiro atoms. The lowest BCUT2D eigenvalue weighted by atomic mass is 10.1. The quantitative estimate of drug-likeness (QED) is 0.732. The van der Waals surface area contributed by atoms with Crippen LogP contribution in [0.1, 0.15) is 24.6 Å². The van der Waals surface area contributed by atoms with Gasteiger partial charge in [-0.25, -0.2) is 0 Å². The number of hydrogen-bond acceptors (Lipinski definition) is 2. The molecule has 1 atom stereocenters. The third-order valence-electron chi connectivity index (χ3n) is 1.91. The Bertz CT molecular complexity index is 253. The van der Waals surface area contributed by atoms with Crippen molar-refractivity contribution in [2.45, 2.75) is 32.8 Å². The van der Waals surface area contributed by atoms with Crippen LogP contribution in [0, 0.1) is 6.92 Å². The Morgan fingerprint density at radius 3 is 2.75 bits per heavy atom. The minimum atomic E-state index is -0.230. The van der Waals surface area contributed by atoms with Crippen LogP contribution in [0.15, 0.2) is 6.20 Å². The number of nitrogens with zero attached hydrogens (tertiary/aromatic N) is 2. The molecule has 12 heavy (non-hydrogen) atoms. The van der Waals surface area contributed by atoms with E-state index in [9.17, 15) is 0 Å². The molecule has 1 aromatic rings. The van der Waals surface area contributed by atoms with E-state index in [0.717, 1.165) is 18.5 Å². The standard InChI is InChI=1S/C9H16N2O/c1-7-6-11(3)10-9(7)5-4-8(2)12/h6,8,12H,4-5H2,1-3H3/t8-/m0/s1. The molecule has 3 nitrogen and oxygen atoms in total. The maximum atomic E-state index is 9.08. The van der Waals surface area contributed by atoms with Crippen LogP contribution in [-0.2, 0) is 13.5 Å². The summed E-state index contributed by atoms with van der Waals surface area (Å²) in [5.74, 6) is 0. The molecule has 0 aromatic carbocycles. The van der Waals surface area contributed by atoms with Gasteiger partial charge in [-0.05, 0) is 32.3 Å². The number of hydrogen-bond donors (Lipinski definition) is 1. The topological polar surface area (TPSA) is 38.0 Å². The van der Waals surface area contributed by atoms with Gasteiger partial charge in [0.2, 0.25) is 0 Å². The normalized spacial score (nSPS) is 13.3. The highest BCUT2D eigenvalue weighted by atomic mass is 16.3. The van der Waals surface area contributed by atoms with Crippen LogP contribution in [0.3, 0.4) is 0 Å². The van der Waals surface area contributed by atoms with Gasteiger partial charge in [0.25, 0.3) is 0 Å². The molecule has 0 unspecified atom stereocenters. The van der Waals surface area contributed by atoms with E-state index >= 15 is 0 Å². The van der Waals surface area contributed by atoms with Crippen molar-refractivity contribution in [2.24, 2.45) is 7.05 Å². The lowest BCUT2D eigenvalue weighted by Crippen LogP contribution is -2.02. The second kappa shape index (κ2) is 3.72. The molecule has 0 bridgehead atoms. The van der Waals surface area contributed by atoms with Crippen molar-refractivity contribution in [3.05, 3.63) is 17.5 Å². The number of aliphatic hydroxyl groups is 1. The lowest BCUT2D eigenvalue weighted by molar-refractivity contribution is 0.184. The number of aryl methyl sites for hydroxylation is 3. The van der Waals surface area contributed by atoms with Crippen molar-refractivity contribution in [3.8, 4) is 0 Å². The van der Waals surface area contributed by atoms with Crippen molar-refractivity contribution in [1.29, 1.82) is 0 Å². The molecule has 0 saturated heterocycles. The third kappa shape index (κ3) is 2.34. The average Bonchev–Trinajstić information content (AvgIpc) is 2.26. The molecule has 0 aliphatic heterocycles. The summed E-state index contributed by atoms with van der Waals surface area (Å²) in [7, 11) is 1.92. The summed E-state index contributed by atoms with van der Waals surface area (Å²) >= 11 is 0. The van der Waals surface area contributed by atoms with Crippen LogP contribution in [0.25, 0.3) is 0 Å². The predicted octanol–water partition coefficient (Wildman–Crippen LogP) is 1.04. The first-order valence-electron chi connectivity index (χ1n) is 4.27. The van der Waals surface area contributed by atoms with Crippen molar-refractivity contribution in [3.63, 3.8) is 0 Å². The summed E-state index contributed by atoms with van der Waals surface area (Å²) in [6.45, 7) is 3.85. The Kier molecular flexibility index (Phi) is 2.87. The summed E-state index contributed by atoms with van der Waals surface area (Å²) < 4.78 is 1.81. The molecular weight excluding hydrogens is 152 g/mol. The first-order chi connectivity index (χ1) is 5.59. The van der Waals surface area contributed by atoms with Gasteiger partial charge in [-0.15, -0.1) is 0 Å². The highest BCUT2D eigenvalue weighted by Gasteiger charge is 2.04. The SMILES string of the molecule is Cc1cn(C)nc1CC[C@H](C)O. The first-order valence-corrected chi connectivity index (χ1v) is 4.27. The van der Waals surface area contributed by atoms with E-state index in [1.165, 1.54) is 5.56 Å². The van der Waals surface area contributed by atoms with E-state index < -0.39 is 0 Å². The number of rotatable bonds is 3. The van der Waals surface area contributed by atoms with E-state index in [0.29, 0.717) is 0 Å². The van der Waals surface area contributed by atoms with Crippen LogP contribution in [0.5, 0.6) is 0 Å². The number of aromatic nitrogens is 2. The van der Waals surface area contributed by atoms with E-state index in [1.54, 1.807) is 6.92 Å². The summed E-state index contributed by atoms with van der Waals surface area (Å²) in [4.78, 5) is 0. The minimum absolute atomic E-state index is 0.230. The minimum Gasteiger partial charge on any atom is -0.393 e. The molecule has 1 heterocycles. The summed E-state index contributed by atoms with van der Waals surface area (Å²) in [5.41, 5.74) is 2.30. The molecule has 3 heteroatoms. The highest BCUT2D eigenvalue weighted by molar-refractivity contribution is 5.14. The predicted molar refractivity (Wildman–Crippen MR) is 47.9 cm³/mol. The summed E-state index contributed by atoms with van der Waals surface area (Å²) in [6, 6.07) is 0. The second-order valence-electron chi connectivity index (χ2n) is 3.32. The maximum Gasteiger partial charge on any atom is 0.0654 e. The summed E-state index contributed by atoms with van der Waals surface area (Å²) in [6.07, 6.45) is 3.42. The van der Waals surface area contributed by atoms with Gasteiger partial charge in [0.05, 0.1) is 11.8 Å². The average molecular weight is 168 g/mol. The molecule has 0 fully saturated rings. The molecule has 0 aliphatic carbocycles. The molecular formula is C9H16N2O. The molecule has 0 saturated carbocycles. The van der Waals surface area contributed by atoms with E-state index in [2.05, 4.69) is 5.10 Å². The van der Waals surface area contributed by atoms with E-state index in [4.69, 9.17) is 5.11 Å². The van der Waals surface area contributed by atoms with Gasteiger partial charge >= 0.3 is 0 Å². The van der Waals surface area contributed by atoms with Crippen LogP contribution >= 0.6 is 0 Å². The Hall–Kier alpha value is -0.830. The fraction of sp³-hybridized carbons (Fsp3) is 0.667. The molecule has 1 aromatic heterocycles. The lowest BCUT2D eigenvalue weighted by Gasteiger charge is -2.01. The van der Waals surface area contributed by atoms with E-state index in [-0.39, 0.29) is 6.10 Å². The van der Waals surface area contributed by atoms with Crippen LogP contribution < -0.4 is 0 Å². The molecule has 1 N–H and O–H groups in total. The van der Waals surface area contributed by atoms with E-state index in [1.807, 2.05) is 24.9 Å². The monoisotopic (exact) mass is 168 g/mol. The molecule has 0 radical (unpaired) electrons. The van der Waals surface area contributed by atoms with Crippen LogP contribution in [0.4, 0.5) is 0 Å². The smallest absolute Gasteiger partial charge is 0.0654 e. The first kappa shape index (κ1) is 9.26. The van der Waals surface area contributed by atoms with Gasteiger partial charge in [-0.3, -0.25) is 4.68 Å². The fourth-order valence-corrected chi connectivity index (χ4v) is 1.25. The zero-order valence-electron chi connectivity index (χ0n) is 7.91. The second-order valence-corrected chi connectivity index (χ2v) is 3.32. The fourth-order valence-electron chi connectivity index (χ4n) is 1.25.